The lowest BCUT2D eigenvalue weighted by Crippen LogP contribution is -2.32. The molecule has 2 aromatic carbocycles. The molecule has 31 heavy (non-hydrogen) atoms. The summed E-state index contributed by atoms with van der Waals surface area (Å²) in [6.07, 6.45) is 3.02. The second kappa shape index (κ2) is 8.43. The lowest BCUT2D eigenvalue weighted by Gasteiger charge is -2.32. The van der Waals surface area contributed by atoms with E-state index in [0.717, 1.165) is 31.0 Å². The van der Waals surface area contributed by atoms with E-state index < -0.39 is 0 Å². The first-order chi connectivity index (χ1) is 14.8. The number of aromatic nitrogens is 2. The first-order valence-corrected chi connectivity index (χ1v) is 11.2. The molecule has 0 aliphatic carbocycles. The molecule has 1 aromatic heterocycles. The van der Waals surface area contributed by atoms with Crippen molar-refractivity contribution in [1.82, 2.24) is 14.9 Å². The quantitative estimate of drug-likeness (QED) is 0.567. The normalized spacial score (nSPS) is 15.1. The van der Waals surface area contributed by atoms with Crippen molar-refractivity contribution >= 4 is 5.69 Å². The molecule has 1 unspecified atom stereocenters. The molecular weight excluding hydrogens is 380 g/mol. The largest absolute Gasteiger partial charge is 0.365 e. The minimum atomic E-state index is -0.0226. The van der Waals surface area contributed by atoms with Crippen LogP contribution in [-0.2, 0) is 18.4 Å². The molecule has 0 bridgehead atoms. The van der Waals surface area contributed by atoms with Gasteiger partial charge in [0.25, 0.3) is 0 Å². The van der Waals surface area contributed by atoms with Crippen molar-refractivity contribution in [3.8, 4) is 0 Å². The maximum absolute atomic E-state index is 4.92. The molecule has 3 aromatic rings. The Morgan fingerprint density at radius 2 is 1.58 bits per heavy atom. The van der Waals surface area contributed by atoms with Crippen LogP contribution in [0, 0.1) is 6.92 Å². The van der Waals surface area contributed by atoms with E-state index in [9.17, 15) is 0 Å². The molecule has 4 heteroatoms. The molecule has 4 rings (SSSR count). The van der Waals surface area contributed by atoms with Gasteiger partial charge in [-0.1, -0.05) is 55.8 Å². The van der Waals surface area contributed by atoms with Crippen LogP contribution < -0.4 is 4.90 Å². The zero-order chi connectivity index (χ0) is 22.2. The number of aryl methyl sites for hydroxylation is 1. The third-order valence-corrected chi connectivity index (χ3v) is 6.84. The molecule has 2 heterocycles. The molecule has 0 saturated heterocycles. The van der Waals surface area contributed by atoms with Crippen molar-refractivity contribution in [3.05, 3.63) is 88.5 Å². The Morgan fingerprint density at radius 1 is 0.968 bits per heavy atom. The van der Waals surface area contributed by atoms with Gasteiger partial charge in [-0.15, -0.1) is 0 Å². The van der Waals surface area contributed by atoms with Gasteiger partial charge in [0.15, 0.2) is 0 Å². The number of rotatable bonds is 5. The SMILES string of the molecule is Cc1ccc(C(C)(C)c2ccc(N3CCc4cnc(C(C)N(C)C)nc4C3)cc2)cc1. The Balaban J connectivity index is 1.54. The molecule has 0 amide bonds. The van der Waals surface area contributed by atoms with E-state index in [1.54, 1.807) is 0 Å². The number of hydrogen-bond donors (Lipinski definition) is 0. The number of anilines is 1. The summed E-state index contributed by atoms with van der Waals surface area (Å²) in [5.74, 6) is 0.904. The Labute approximate surface area is 187 Å². The number of hydrogen-bond acceptors (Lipinski definition) is 4. The van der Waals surface area contributed by atoms with Gasteiger partial charge in [0.05, 0.1) is 18.3 Å². The van der Waals surface area contributed by atoms with Gasteiger partial charge >= 0.3 is 0 Å². The highest BCUT2D eigenvalue weighted by molar-refractivity contribution is 5.52. The predicted molar refractivity (Wildman–Crippen MR) is 129 cm³/mol. The van der Waals surface area contributed by atoms with Crippen LogP contribution in [0.2, 0.25) is 0 Å². The summed E-state index contributed by atoms with van der Waals surface area (Å²) in [6, 6.07) is 18.2. The van der Waals surface area contributed by atoms with Crippen LogP contribution in [0.3, 0.4) is 0 Å². The van der Waals surface area contributed by atoms with Crippen LogP contribution in [0.4, 0.5) is 5.69 Å². The molecule has 1 aliphatic heterocycles. The molecular formula is C27H34N4. The average molecular weight is 415 g/mol. The first-order valence-electron chi connectivity index (χ1n) is 11.2. The Morgan fingerprint density at radius 3 is 2.19 bits per heavy atom. The second-order valence-corrected chi connectivity index (χ2v) is 9.55. The summed E-state index contributed by atoms with van der Waals surface area (Å²) in [4.78, 5) is 14.1. The van der Waals surface area contributed by atoms with E-state index in [0.29, 0.717) is 0 Å². The van der Waals surface area contributed by atoms with Gasteiger partial charge in [-0.2, -0.15) is 0 Å². The molecule has 0 N–H and O–H groups in total. The molecule has 0 radical (unpaired) electrons. The van der Waals surface area contributed by atoms with Crippen LogP contribution >= 0.6 is 0 Å². The second-order valence-electron chi connectivity index (χ2n) is 9.55. The van der Waals surface area contributed by atoms with Crippen LogP contribution in [0.15, 0.2) is 54.7 Å². The van der Waals surface area contributed by atoms with Crippen LogP contribution in [-0.4, -0.2) is 35.5 Å². The Bertz CT molecular complexity index is 1040. The highest BCUT2D eigenvalue weighted by Gasteiger charge is 2.24. The predicted octanol–water partition coefficient (Wildman–Crippen LogP) is 5.30. The highest BCUT2D eigenvalue weighted by atomic mass is 15.2. The summed E-state index contributed by atoms with van der Waals surface area (Å²) in [5, 5.41) is 0. The van der Waals surface area contributed by atoms with Gasteiger partial charge in [0.1, 0.15) is 5.82 Å². The molecule has 0 saturated carbocycles. The lowest BCUT2D eigenvalue weighted by molar-refractivity contribution is 0.307. The summed E-state index contributed by atoms with van der Waals surface area (Å²) in [5.41, 5.74) is 7.66. The van der Waals surface area contributed by atoms with Gasteiger partial charge in [-0.3, -0.25) is 4.90 Å². The minimum absolute atomic E-state index is 0.0226. The summed E-state index contributed by atoms with van der Waals surface area (Å²) in [7, 11) is 4.14. The topological polar surface area (TPSA) is 32.3 Å². The van der Waals surface area contributed by atoms with E-state index in [1.807, 2.05) is 6.20 Å². The van der Waals surface area contributed by atoms with E-state index in [2.05, 4.69) is 105 Å². The van der Waals surface area contributed by atoms with Gasteiger partial charge in [-0.05, 0) is 63.2 Å². The molecule has 0 fully saturated rings. The fraction of sp³-hybridized carbons (Fsp3) is 0.407. The third kappa shape index (κ3) is 4.35. The third-order valence-electron chi connectivity index (χ3n) is 6.84. The maximum atomic E-state index is 4.92. The van der Waals surface area contributed by atoms with Crippen molar-refractivity contribution in [2.75, 3.05) is 25.5 Å². The molecule has 162 valence electrons. The van der Waals surface area contributed by atoms with Gasteiger partial charge in [0, 0.05) is 23.8 Å². The van der Waals surface area contributed by atoms with E-state index >= 15 is 0 Å². The highest BCUT2D eigenvalue weighted by Crippen LogP contribution is 2.33. The number of benzene rings is 2. The van der Waals surface area contributed by atoms with Crippen LogP contribution in [0.25, 0.3) is 0 Å². The molecule has 1 aliphatic rings. The molecule has 4 nitrogen and oxygen atoms in total. The lowest BCUT2D eigenvalue weighted by atomic mass is 9.78. The standard InChI is InChI=1S/C27H34N4/c1-19-7-9-22(10-8-19)27(3,4)23-11-13-24(14-12-23)31-16-15-21-17-28-26(20(2)30(5)6)29-25(21)18-31/h7-14,17,20H,15-16,18H2,1-6H3. The van der Waals surface area contributed by atoms with Crippen molar-refractivity contribution in [2.45, 2.75) is 52.1 Å². The Hall–Kier alpha value is -2.72. The van der Waals surface area contributed by atoms with Crippen molar-refractivity contribution in [2.24, 2.45) is 0 Å². The van der Waals surface area contributed by atoms with Crippen molar-refractivity contribution in [3.63, 3.8) is 0 Å². The van der Waals surface area contributed by atoms with Crippen molar-refractivity contribution < 1.29 is 0 Å². The zero-order valence-electron chi connectivity index (χ0n) is 19.7. The van der Waals surface area contributed by atoms with Gasteiger partial charge < -0.3 is 4.90 Å². The first kappa shape index (κ1) is 21.5. The summed E-state index contributed by atoms with van der Waals surface area (Å²) >= 11 is 0. The van der Waals surface area contributed by atoms with Crippen LogP contribution in [0.5, 0.6) is 0 Å². The number of nitrogens with zero attached hydrogens (tertiary/aromatic N) is 4. The monoisotopic (exact) mass is 414 g/mol. The van der Waals surface area contributed by atoms with E-state index in [4.69, 9.17) is 4.98 Å². The molecule has 0 spiro atoms. The minimum Gasteiger partial charge on any atom is -0.365 e. The van der Waals surface area contributed by atoms with E-state index in [-0.39, 0.29) is 11.5 Å². The van der Waals surface area contributed by atoms with Crippen molar-refractivity contribution in [1.29, 1.82) is 0 Å². The molecule has 1 atom stereocenters. The van der Waals surface area contributed by atoms with Crippen LogP contribution in [0.1, 0.15) is 60.6 Å². The van der Waals surface area contributed by atoms with Gasteiger partial charge in [-0.25, -0.2) is 9.97 Å². The Kier molecular flexibility index (Phi) is 5.85. The smallest absolute Gasteiger partial charge is 0.145 e. The fourth-order valence-corrected chi connectivity index (χ4v) is 4.20. The van der Waals surface area contributed by atoms with Gasteiger partial charge in [0.2, 0.25) is 0 Å². The number of fused-ring (bicyclic) bond motifs is 1. The zero-order valence-corrected chi connectivity index (χ0v) is 19.7. The summed E-state index contributed by atoms with van der Waals surface area (Å²) < 4.78 is 0. The van der Waals surface area contributed by atoms with E-state index in [1.165, 1.54) is 27.9 Å². The fourth-order valence-electron chi connectivity index (χ4n) is 4.20. The maximum Gasteiger partial charge on any atom is 0.145 e. The average Bonchev–Trinajstić information content (AvgIpc) is 2.78. The summed E-state index contributed by atoms with van der Waals surface area (Å²) in [6.45, 7) is 10.7.